The van der Waals surface area contributed by atoms with E-state index in [0.29, 0.717) is 6.54 Å². The Morgan fingerprint density at radius 1 is 1.50 bits per heavy atom. The highest BCUT2D eigenvalue weighted by Gasteiger charge is 2.47. The minimum Gasteiger partial charge on any atom is -0.258 e. The van der Waals surface area contributed by atoms with E-state index in [4.69, 9.17) is 0 Å². The van der Waals surface area contributed by atoms with Crippen LogP contribution >= 0.6 is 15.9 Å². The van der Waals surface area contributed by atoms with Gasteiger partial charge in [0.15, 0.2) is 0 Å². The fourth-order valence-corrected chi connectivity index (χ4v) is 2.59. The van der Waals surface area contributed by atoms with Crippen LogP contribution in [0.4, 0.5) is 13.2 Å². The topological polar surface area (TPSA) is 17.8 Å². The van der Waals surface area contributed by atoms with Crippen molar-refractivity contribution in [1.29, 1.82) is 0 Å². The van der Waals surface area contributed by atoms with Gasteiger partial charge < -0.3 is 0 Å². The van der Waals surface area contributed by atoms with Crippen molar-refractivity contribution >= 4 is 15.9 Å². The maximum absolute atomic E-state index is 12.3. The van der Waals surface area contributed by atoms with Crippen LogP contribution in [-0.4, -0.2) is 16.0 Å². The Kier molecular flexibility index (Phi) is 3.03. The standard InChI is InChI=1S/C10H12BrF3N2/c1-6-2-9(11)16(15-6)5-7-3-8(4-7)10(12,13)14/h2,7-8H,3-5H2,1H3. The van der Waals surface area contributed by atoms with Gasteiger partial charge in [0.05, 0.1) is 11.6 Å². The lowest BCUT2D eigenvalue weighted by Gasteiger charge is -2.36. The molecule has 0 aliphatic heterocycles. The van der Waals surface area contributed by atoms with Crippen LogP contribution in [0.15, 0.2) is 10.7 Å². The van der Waals surface area contributed by atoms with Crippen molar-refractivity contribution in [3.05, 3.63) is 16.4 Å². The Labute approximate surface area is 100.0 Å². The SMILES string of the molecule is Cc1cc(Br)n(CC2CC(C(F)(F)F)C2)n1. The summed E-state index contributed by atoms with van der Waals surface area (Å²) in [5.41, 5.74) is 0.874. The fourth-order valence-electron chi connectivity index (χ4n) is 2.04. The molecule has 2 nitrogen and oxygen atoms in total. The Hall–Kier alpha value is -0.520. The molecule has 0 aromatic carbocycles. The molecular weight excluding hydrogens is 285 g/mol. The molecule has 1 heterocycles. The maximum atomic E-state index is 12.3. The molecule has 1 aromatic rings. The molecule has 1 aliphatic carbocycles. The summed E-state index contributed by atoms with van der Waals surface area (Å²) < 4.78 is 39.4. The van der Waals surface area contributed by atoms with Gasteiger partial charge in [-0.25, -0.2) is 0 Å². The quantitative estimate of drug-likeness (QED) is 0.816. The van der Waals surface area contributed by atoms with Crippen molar-refractivity contribution in [1.82, 2.24) is 9.78 Å². The first-order valence-electron chi connectivity index (χ1n) is 5.13. The van der Waals surface area contributed by atoms with Gasteiger partial charge in [0.1, 0.15) is 4.60 Å². The van der Waals surface area contributed by atoms with Gasteiger partial charge >= 0.3 is 6.18 Å². The lowest BCUT2D eigenvalue weighted by atomic mass is 9.74. The van der Waals surface area contributed by atoms with Crippen LogP contribution in [0.3, 0.4) is 0 Å². The summed E-state index contributed by atoms with van der Waals surface area (Å²) in [6.45, 7) is 2.43. The Morgan fingerprint density at radius 2 is 2.12 bits per heavy atom. The summed E-state index contributed by atoms with van der Waals surface area (Å²) in [5.74, 6) is -1.00. The molecule has 1 saturated carbocycles. The number of rotatable bonds is 2. The van der Waals surface area contributed by atoms with E-state index in [0.717, 1.165) is 10.3 Å². The van der Waals surface area contributed by atoms with E-state index in [-0.39, 0.29) is 18.8 Å². The van der Waals surface area contributed by atoms with E-state index in [2.05, 4.69) is 21.0 Å². The minimum absolute atomic E-state index is 0.0993. The predicted molar refractivity (Wildman–Crippen MR) is 56.9 cm³/mol. The largest absolute Gasteiger partial charge is 0.391 e. The lowest BCUT2D eigenvalue weighted by molar-refractivity contribution is -0.205. The average molecular weight is 297 g/mol. The first-order valence-corrected chi connectivity index (χ1v) is 5.92. The zero-order chi connectivity index (χ0) is 11.9. The van der Waals surface area contributed by atoms with E-state index in [9.17, 15) is 13.2 Å². The summed E-state index contributed by atoms with van der Waals surface area (Å²) in [7, 11) is 0. The third-order valence-electron chi connectivity index (χ3n) is 2.98. The average Bonchev–Trinajstić information content (AvgIpc) is 2.34. The van der Waals surface area contributed by atoms with E-state index in [1.807, 2.05) is 13.0 Å². The van der Waals surface area contributed by atoms with E-state index in [1.165, 1.54) is 0 Å². The van der Waals surface area contributed by atoms with Crippen molar-refractivity contribution in [2.24, 2.45) is 11.8 Å². The van der Waals surface area contributed by atoms with E-state index in [1.54, 1.807) is 4.68 Å². The van der Waals surface area contributed by atoms with Crippen molar-refractivity contribution in [2.45, 2.75) is 32.5 Å². The summed E-state index contributed by atoms with van der Waals surface area (Å²) in [6, 6.07) is 1.86. The van der Waals surface area contributed by atoms with Gasteiger partial charge in [-0.15, -0.1) is 0 Å². The Morgan fingerprint density at radius 3 is 2.56 bits per heavy atom. The molecule has 0 bridgehead atoms. The van der Waals surface area contributed by atoms with Crippen molar-refractivity contribution < 1.29 is 13.2 Å². The van der Waals surface area contributed by atoms with Crippen LogP contribution in [0.5, 0.6) is 0 Å². The van der Waals surface area contributed by atoms with E-state index < -0.39 is 12.1 Å². The highest BCUT2D eigenvalue weighted by atomic mass is 79.9. The van der Waals surface area contributed by atoms with Gasteiger partial charge in [-0.2, -0.15) is 18.3 Å². The number of nitrogens with zero attached hydrogens (tertiary/aromatic N) is 2. The molecule has 0 spiro atoms. The van der Waals surface area contributed by atoms with Crippen LogP contribution in [0.25, 0.3) is 0 Å². The Bertz CT molecular complexity index is 380. The van der Waals surface area contributed by atoms with Crippen molar-refractivity contribution in [3.63, 3.8) is 0 Å². The van der Waals surface area contributed by atoms with Gasteiger partial charge in [0.2, 0.25) is 0 Å². The summed E-state index contributed by atoms with van der Waals surface area (Å²) in [6.07, 6.45) is -3.56. The number of alkyl halides is 3. The number of aromatic nitrogens is 2. The molecule has 1 aliphatic rings. The molecule has 0 saturated heterocycles. The monoisotopic (exact) mass is 296 g/mol. The van der Waals surface area contributed by atoms with Crippen LogP contribution in [0, 0.1) is 18.8 Å². The Balaban J connectivity index is 1.88. The first-order chi connectivity index (χ1) is 7.36. The van der Waals surface area contributed by atoms with Crippen molar-refractivity contribution in [3.8, 4) is 0 Å². The molecule has 6 heteroatoms. The molecule has 1 fully saturated rings. The summed E-state index contributed by atoms with van der Waals surface area (Å²) >= 11 is 3.33. The number of hydrogen-bond donors (Lipinski definition) is 0. The van der Waals surface area contributed by atoms with Gasteiger partial charge in [-0.05, 0) is 47.7 Å². The lowest BCUT2D eigenvalue weighted by Crippen LogP contribution is -2.37. The molecule has 0 amide bonds. The summed E-state index contributed by atoms with van der Waals surface area (Å²) in [5, 5.41) is 4.21. The second kappa shape index (κ2) is 4.05. The molecule has 0 radical (unpaired) electrons. The van der Waals surface area contributed by atoms with Crippen molar-refractivity contribution in [2.75, 3.05) is 0 Å². The van der Waals surface area contributed by atoms with Gasteiger partial charge in [-0.1, -0.05) is 0 Å². The highest BCUT2D eigenvalue weighted by molar-refractivity contribution is 9.10. The van der Waals surface area contributed by atoms with Gasteiger partial charge in [-0.3, -0.25) is 4.68 Å². The normalized spacial score (nSPS) is 25.6. The number of aryl methyl sites for hydroxylation is 1. The second-order valence-corrected chi connectivity index (χ2v) is 5.18. The molecule has 0 N–H and O–H groups in total. The fraction of sp³-hybridized carbons (Fsp3) is 0.700. The molecule has 90 valence electrons. The molecule has 16 heavy (non-hydrogen) atoms. The zero-order valence-electron chi connectivity index (χ0n) is 8.76. The molecule has 2 rings (SSSR count). The molecule has 0 unspecified atom stereocenters. The van der Waals surface area contributed by atoms with Crippen LogP contribution < -0.4 is 0 Å². The number of hydrogen-bond acceptors (Lipinski definition) is 1. The molecule has 1 aromatic heterocycles. The zero-order valence-corrected chi connectivity index (χ0v) is 10.3. The number of halogens is 4. The second-order valence-electron chi connectivity index (χ2n) is 4.37. The third-order valence-corrected chi connectivity index (χ3v) is 3.62. The van der Waals surface area contributed by atoms with Crippen LogP contribution in [0.2, 0.25) is 0 Å². The molecule has 0 atom stereocenters. The molecular formula is C10H12BrF3N2. The van der Waals surface area contributed by atoms with E-state index >= 15 is 0 Å². The summed E-state index contributed by atoms with van der Waals surface area (Å²) in [4.78, 5) is 0. The predicted octanol–water partition coefficient (Wildman–Crippen LogP) is 3.54. The maximum Gasteiger partial charge on any atom is 0.391 e. The van der Waals surface area contributed by atoms with Crippen LogP contribution in [0.1, 0.15) is 18.5 Å². The van der Waals surface area contributed by atoms with Gasteiger partial charge in [0.25, 0.3) is 0 Å². The van der Waals surface area contributed by atoms with Gasteiger partial charge in [0, 0.05) is 6.54 Å². The van der Waals surface area contributed by atoms with Crippen LogP contribution in [-0.2, 0) is 6.54 Å². The smallest absolute Gasteiger partial charge is 0.258 e. The first kappa shape index (κ1) is 12.0. The third kappa shape index (κ3) is 2.42. The minimum atomic E-state index is -4.02. The highest BCUT2D eigenvalue weighted by Crippen LogP contribution is 2.45.